The largest absolute Gasteiger partial charge is 0.366 e. The zero-order chi connectivity index (χ0) is 35.1. The molecule has 0 saturated carbocycles. The molecule has 0 aromatic heterocycles. The van der Waals surface area contributed by atoms with Crippen LogP contribution in [0.25, 0.3) is 0 Å². The Morgan fingerprint density at radius 1 is 0.333 bits per heavy atom. The molecule has 0 spiro atoms. The second kappa shape index (κ2) is 24.3. The van der Waals surface area contributed by atoms with Crippen LogP contribution in [0.1, 0.15) is 5.56 Å². The average Bonchev–Trinajstić information content (AvgIpc) is 3.21. The van der Waals surface area contributed by atoms with Gasteiger partial charge in [-0.3, -0.25) is 5.92 Å². The molecule has 7 rings (SSSR count). The van der Waals surface area contributed by atoms with Crippen molar-refractivity contribution in [3.05, 3.63) is 250 Å². The van der Waals surface area contributed by atoms with E-state index in [1.54, 1.807) is 12.2 Å². The average molecular weight is 872 g/mol. The summed E-state index contributed by atoms with van der Waals surface area (Å²) >= 11 is 0. The summed E-state index contributed by atoms with van der Waals surface area (Å²) in [6, 6.07) is 74.0. The SMILES string of the molecule is C=CC=C.[C-]#Cc1ccccc1.[Ir].c1ccc(P(c2ccccc2)c2ccccc2)cc1.c1ccc(P(c2ccccc2)c2ccccc2)cc1. The van der Waals surface area contributed by atoms with E-state index < -0.39 is 15.8 Å². The predicted molar refractivity (Wildman–Crippen MR) is 223 cm³/mol. The predicted octanol–water partition coefficient (Wildman–Crippen LogP) is 9.87. The van der Waals surface area contributed by atoms with Crippen molar-refractivity contribution in [2.24, 2.45) is 0 Å². The van der Waals surface area contributed by atoms with Gasteiger partial charge in [0.05, 0.1) is 0 Å². The molecule has 0 nitrogen and oxygen atoms in total. The molecule has 51 heavy (non-hydrogen) atoms. The van der Waals surface area contributed by atoms with Gasteiger partial charge in [0.15, 0.2) is 0 Å². The van der Waals surface area contributed by atoms with E-state index in [0.29, 0.717) is 0 Å². The van der Waals surface area contributed by atoms with Gasteiger partial charge < -0.3 is 6.42 Å². The van der Waals surface area contributed by atoms with Crippen molar-refractivity contribution in [2.45, 2.75) is 0 Å². The topological polar surface area (TPSA) is 0 Å². The quantitative estimate of drug-likeness (QED) is 0.0648. The maximum absolute atomic E-state index is 6.69. The van der Waals surface area contributed by atoms with Gasteiger partial charge in [-0.2, -0.15) is 0 Å². The normalized spacial score (nSPS) is 9.51. The van der Waals surface area contributed by atoms with Gasteiger partial charge in [-0.25, -0.2) is 0 Å². The fourth-order valence-corrected chi connectivity index (χ4v) is 9.49. The molecular weight excluding hydrogens is 831 g/mol. The first kappa shape index (κ1) is 40.5. The van der Waals surface area contributed by atoms with Gasteiger partial charge in [0.2, 0.25) is 0 Å². The van der Waals surface area contributed by atoms with E-state index in [0.717, 1.165) is 5.56 Å². The van der Waals surface area contributed by atoms with Crippen molar-refractivity contribution in [1.82, 2.24) is 0 Å². The van der Waals surface area contributed by atoms with Crippen LogP contribution in [0.4, 0.5) is 0 Å². The van der Waals surface area contributed by atoms with Crippen LogP contribution in [-0.4, -0.2) is 0 Å². The molecular formula is C48H41IrP2-. The minimum Gasteiger partial charge on any atom is -0.366 e. The van der Waals surface area contributed by atoms with Crippen LogP contribution < -0.4 is 31.8 Å². The summed E-state index contributed by atoms with van der Waals surface area (Å²) in [5.41, 5.74) is 0.826. The minimum atomic E-state index is -0.446. The van der Waals surface area contributed by atoms with E-state index in [1.807, 2.05) is 30.3 Å². The van der Waals surface area contributed by atoms with Crippen molar-refractivity contribution in [3.8, 4) is 5.92 Å². The van der Waals surface area contributed by atoms with Crippen LogP contribution in [0.5, 0.6) is 0 Å². The Bertz CT molecular complexity index is 1650. The van der Waals surface area contributed by atoms with E-state index in [9.17, 15) is 0 Å². The molecule has 0 aliphatic rings. The molecule has 1 radical (unpaired) electrons. The van der Waals surface area contributed by atoms with E-state index in [2.05, 4.69) is 201 Å². The fourth-order valence-electron chi connectivity index (χ4n) is 4.88. The maximum Gasteiger partial charge on any atom is 0 e. The van der Waals surface area contributed by atoms with Crippen LogP contribution >= 0.6 is 15.8 Å². The third-order valence-electron chi connectivity index (χ3n) is 7.17. The maximum atomic E-state index is 6.69. The van der Waals surface area contributed by atoms with Gasteiger partial charge in [0.25, 0.3) is 0 Å². The van der Waals surface area contributed by atoms with Gasteiger partial charge in [0.1, 0.15) is 0 Å². The zero-order valence-electron chi connectivity index (χ0n) is 28.5. The van der Waals surface area contributed by atoms with Crippen LogP contribution in [0.2, 0.25) is 0 Å². The van der Waals surface area contributed by atoms with E-state index in [1.165, 1.54) is 31.8 Å². The minimum absolute atomic E-state index is 0. The van der Waals surface area contributed by atoms with Gasteiger partial charge >= 0.3 is 0 Å². The first-order chi connectivity index (χ1) is 24.7. The first-order valence-electron chi connectivity index (χ1n) is 16.4. The molecule has 0 bridgehead atoms. The number of rotatable bonds is 7. The van der Waals surface area contributed by atoms with Crippen molar-refractivity contribution in [2.75, 3.05) is 0 Å². The molecule has 0 unspecified atom stereocenters. The molecule has 3 heteroatoms. The number of hydrogen-bond acceptors (Lipinski definition) is 0. The molecule has 7 aromatic rings. The Morgan fingerprint density at radius 3 is 0.647 bits per heavy atom. The molecule has 0 heterocycles. The van der Waals surface area contributed by atoms with Crippen molar-refractivity contribution in [3.63, 3.8) is 0 Å². The Hall–Kier alpha value is -4.91. The van der Waals surface area contributed by atoms with Crippen LogP contribution in [0.3, 0.4) is 0 Å². The van der Waals surface area contributed by atoms with Gasteiger partial charge in [-0.15, -0.1) is 17.7 Å². The summed E-state index contributed by atoms with van der Waals surface area (Å²) in [7, 11) is -0.892. The van der Waals surface area contributed by atoms with Gasteiger partial charge in [-0.1, -0.05) is 226 Å². The molecule has 0 atom stereocenters. The summed E-state index contributed by atoms with van der Waals surface area (Å²) in [6.07, 6.45) is 9.97. The number of benzene rings is 7. The molecule has 0 fully saturated rings. The second-order valence-corrected chi connectivity index (χ2v) is 15.1. The summed E-state index contributed by atoms with van der Waals surface area (Å²) in [6.45, 7) is 6.72. The molecule has 253 valence electrons. The second-order valence-electron chi connectivity index (χ2n) is 10.6. The smallest absolute Gasteiger partial charge is 0 e. The summed E-state index contributed by atoms with van der Waals surface area (Å²) in [4.78, 5) is 0. The Kier molecular flexibility index (Phi) is 19.3. The van der Waals surface area contributed by atoms with Crippen LogP contribution in [-0.2, 0) is 20.1 Å². The van der Waals surface area contributed by atoms with E-state index in [-0.39, 0.29) is 20.1 Å². The standard InChI is InChI=1S/2C18H15P.C8H5.C4H6.Ir/c2*1-4-10-16(11-5-1)19(17-12-6-2-7-13-17)18-14-8-3-9-15-18;1-2-8-6-4-3-5-7-8;1-3-4-2;/h2*1-15H;3-7H;3-4H,1-2H2;/q;;-1;;. The van der Waals surface area contributed by atoms with Crippen molar-refractivity contribution >= 4 is 47.7 Å². The monoisotopic (exact) mass is 872 g/mol. The van der Waals surface area contributed by atoms with Gasteiger partial charge in [0, 0.05) is 20.1 Å². The number of hydrogen-bond donors (Lipinski definition) is 0. The van der Waals surface area contributed by atoms with Crippen LogP contribution in [0.15, 0.2) is 238 Å². The summed E-state index contributed by atoms with van der Waals surface area (Å²) in [5, 5.41) is 8.39. The molecule has 0 N–H and O–H groups in total. The van der Waals surface area contributed by atoms with E-state index in [4.69, 9.17) is 6.42 Å². The van der Waals surface area contributed by atoms with Crippen molar-refractivity contribution in [1.29, 1.82) is 0 Å². The fraction of sp³-hybridized carbons (Fsp3) is 0. The Balaban J connectivity index is 0.000000207. The Morgan fingerprint density at radius 2 is 0.510 bits per heavy atom. The van der Waals surface area contributed by atoms with Gasteiger partial charge in [-0.05, 0) is 47.7 Å². The first-order valence-corrected chi connectivity index (χ1v) is 19.0. The third-order valence-corrected chi connectivity index (χ3v) is 12.1. The molecule has 0 amide bonds. The van der Waals surface area contributed by atoms with Crippen LogP contribution in [0, 0.1) is 12.3 Å². The zero-order valence-corrected chi connectivity index (χ0v) is 32.7. The van der Waals surface area contributed by atoms with E-state index >= 15 is 0 Å². The molecule has 0 aliphatic carbocycles. The summed E-state index contributed by atoms with van der Waals surface area (Å²) < 4.78 is 0. The molecule has 7 aromatic carbocycles. The third kappa shape index (κ3) is 13.7. The Labute approximate surface area is 321 Å². The van der Waals surface area contributed by atoms with Crippen molar-refractivity contribution < 1.29 is 20.1 Å². The molecule has 0 saturated heterocycles. The molecule has 0 aliphatic heterocycles. The summed E-state index contributed by atoms with van der Waals surface area (Å²) in [5.74, 6) is 2.28. The number of allylic oxidation sites excluding steroid dienone is 2.